The first-order valence-electron chi connectivity index (χ1n) is 4.63. The Morgan fingerprint density at radius 3 is 2.50 bits per heavy atom. The summed E-state index contributed by atoms with van der Waals surface area (Å²) < 4.78 is 5.32. The molecule has 0 amide bonds. The van der Waals surface area contributed by atoms with E-state index in [1.165, 1.54) is 11.1 Å². The van der Waals surface area contributed by atoms with Crippen molar-refractivity contribution in [3.05, 3.63) is 35.5 Å². The normalized spacial score (nSPS) is 10.5. The topological polar surface area (TPSA) is 22.1 Å². The van der Waals surface area contributed by atoms with Crippen molar-refractivity contribution in [1.29, 1.82) is 0 Å². The van der Waals surface area contributed by atoms with Crippen molar-refractivity contribution in [2.75, 3.05) is 7.11 Å². The minimum absolute atomic E-state index is 0.899. The Morgan fingerprint density at radius 2 is 1.79 bits per heavy atom. The molecule has 2 rings (SSSR count). The van der Waals surface area contributed by atoms with Gasteiger partial charge in [0.05, 0.1) is 12.6 Å². The van der Waals surface area contributed by atoms with Gasteiger partial charge in [-0.25, -0.2) is 0 Å². The fourth-order valence-electron chi connectivity index (χ4n) is 1.71. The Hall–Kier alpha value is -1.57. The molecule has 0 radical (unpaired) electrons. The Morgan fingerprint density at radius 1 is 1.07 bits per heavy atom. The maximum absolute atomic E-state index is 5.32. The van der Waals surface area contributed by atoms with Crippen LogP contribution < -0.4 is 4.74 Å². The molecule has 0 bridgehead atoms. The standard InChI is InChI=1S/C12H13NO/c1-8-4-5-9(2)12-11(8)10(14-3)6-7-13-12/h4-7H,1-3H3. The fourth-order valence-corrected chi connectivity index (χ4v) is 1.71. The quantitative estimate of drug-likeness (QED) is 0.684. The SMILES string of the molecule is COc1ccnc2c(C)ccc(C)c12. The molecule has 0 aliphatic rings. The zero-order valence-corrected chi connectivity index (χ0v) is 8.66. The van der Waals surface area contributed by atoms with Crippen LogP contribution in [0.15, 0.2) is 24.4 Å². The molecule has 0 N–H and O–H groups in total. The van der Waals surface area contributed by atoms with E-state index in [0.29, 0.717) is 0 Å². The lowest BCUT2D eigenvalue weighted by Gasteiger charge is -2.08. The van der Waals surface area contributed by atoms with Crippen LogP contribution in [0.2, 0.25) is 0 Å². The van der Waals surface area contributed by atoms with E-state index < -0.39 is 0 Å². The van der Waals surface area contributed by atoms with Crippen molar-refractivity contribution in [3.8, 4) is 5.75 Å². The van der Waals surface area contributed by atoms with Gasteiger partial charge in [-0.2, -0.15) is 0 Å². The van der Waals surface area contributed by atoms with Crippen LogP contribution >= 0.6 is 0 Å². The molecule has 2 heteroatoms. The van der Waals surface area contributed by atoms with Crippen LogP contribution in [-0.4, -0.2) is 12.1 Å². The van der Waals surface area contributed by atoms with Gasteiger partial charge in [-0.3, -0.25) is 4.98 Å². The Balaban J connectivity index is 2.92. The van der Waals surface area contributed by atoms with Gasteiger partial charge in [-0.1, -0.05) is 12.1 Å². The zero-order valence-electron chi connectivity index (χ0n) is 8.66. The van der Waals surface area contributed by atoms with E-state index in [-0.39, 0.29) is 0 Å². The summed E-state index contributed by atoms with van der Waals surface area (Å²) >= 11 is 0. The number of pyridine rings is 1. The second-order valence-electron chi connectivity index (χ2n) is 3.44. The third kappa shape index (κ3) is 1.23. The van der Waals surface area contributed by atoms with Gasteiger partial charge in [0.15, 0.2) is 0 Å². The Labute approximate surface area is 83.5 Å². The fraction of sp³-hybridized carbons (Fsp3) is 0.250. The summed E-state index contributed by atoms with van der Waals surface area (Å²) in [4.78, 5) is 4.37. The maximum atomic E-state index is 5.32. The summed E-state index contributed by atoms with van der Waals surface area (Å²) in [6.45, 7) is 4.14. The maximum Gasteiger partial charge on any atom is 0.130 e. The third-order valence-electron chi connectivity index (χ3n) is 2.48. The minimum atomic E-state index is 0.899. The highest BCUT2D eigenvalue weighted by molar-refractivity contribution is 5.90. The monoisotopic (exact) mass is 187 g/mol. The first-order valence-corrected chi connectivity index (χ1v) is 4.63. The van der Waals surface area contributed by atoms with Crippen molar-refractivity contribution >= 4 is 10.9 Å². The number of benzene rings is 1. The van der Waals surface area contributed by atoms with Gasteiger partial charge in [-0.15, -0.1) is 0 Å². The van der Waals surface area contributed by atoms with Gasteiger partial charge in [0.2, 0.25) is 0 Å². The van der Waals surface area contributed by atoms with Crippen molar-refractivity contribution in [2.45, 2.75) is 13.8 Å². The molecule has 0 aliphatic heterocycles. The number of nitrogens with zero attached hydrogens (tertiary/aromatic N) is 1. The second kappa shape index (κ2) is 3.29. The minimum Gasteiger partial charge on any atom is -0.496 e. The predicted molar refractivity (Wildman–Crippen MR) is 57.8 cm³/mol. The highest BCUT2D eigenvalue weighted by Gasteiger charge is 2.06. The smallest absolute Gasteiger partial charge is 0.130 e. The number of hydrogen-bond donors (Lipinski definition) is 0. The number of hydrogen-bond acceptors (Lipinski definition) is 2. The summed E-state index contributed by atoms with van der Waals surface area (Å²) in [5.41, 5.74) is 3.42. The molecule has 0 saturated carbocycles. The lowest BCUT2D eigenvalue weighted by Crippen LogP contribution is -1.91. The summed E-state index contributed by atoms with van der Waals surface area (Å²) in [7, 11) is 1.69. The lowest BCUT2D eigenvalue weighted by atomic mass is 10.1. The number of aromatic nitrogens is 1. The van der Waals surface area contributed by atoms with E-state index >= 15 is 0 Å². The Kier molecular flexibility index (Phi) is 2.12. The number of rotatable bonds is 1. The molecule has 1 heterocycles. The van der Waals surface area contributed by atoms with E-state index in [4.69, 9.17) is 4.74 Å². The average Bonchev–Trinajstić information content (AvgIpc) is 2.23. The summed E-state index contributed by atoms with van der Waals surface area (Å²) in [5, 5.41) is 1.12. The van der Waals surface area contributed by atoms with Crippen LogP contribution in [-0.2, 0) is 0 Å². The predicted octanol–water partition coefficient (Wildman–Crippen LogP) is 2.86. The van der Waals surface area contributed by atoms with Crippen LogP contribution in [0.5, 0.6) is 5.75 Å². The van der Waals surface area contributed by atoms with Gasteiger partial charge in [0, 0.05) is 11.6 Å². The van der Waals surface area contributed by atoms with E-state index in [1.54, 1.807) is 13.3 Å². The first kappa shape index (κ1) is 9.00. The lowest BCUT2D eigenvalue weighted by molar-refractivity contribution is 0.419. The highest BCUT2D eigenvalue weighted by atomic mass is 16.5. The van der Waals surface area contributed by atoms with Gasteiger partial charge < -0.3 is 4.74 Å². The molecule has 14 heavy (non-hydrogen) atoms. The first-order chi connectivity index (χ1) is 6.74. The van der Waals surface area contributed by atoms with Crippen LogP contribution in [0.1, 0.15) is 11.1 Å². The number of methoxy groups -OCH3 is 1. The zero-order chi connectivity index (χ0) is 10.1. The van der Waals surface area contributed by atoms with E-state index in [1.807, 2.05) is 6.07 Å². The molecule has 0 atom stereocenters. The molecule has 1 aromatic carbocycles. The molecule has 72 valence electrons. The van der Waals surface area contributed by atoms with Crippen molar-refractivity contribution in [1.82, 2.24) is 4.98 Å². The molecule has 0 unspecified atom stereocenters. The van der Waals surface area contributed by atoms with Crippen molar-refractivity contribution in [3.63, 3.8) is 0 Å². The van der Waals surface area contributed by atoms with Crippen molar-refractivity contribution in [2.24, 2.45) is 0 Å². The molecule has 0 spiro atoms. The number of aryl methyl sites for hydroxylation is 2. The van der Waals surface area contributed by atoms with Gasteiger partial charge in [0.1, 0.15) is 5.75 Å². The average molecular weight is 187 g/mol. The van der Waals surface area contributed by atoms with Crippen LogP contribution in [0.3, 0.4) is 0 Å². The molecule has 1 aromatic heterocycles. The highest BCUT2D eigenvalue weighted by Crippen LogP contribution is 2.28. The molecular weight excluding hydrogens is 174 g/mol. The molecule has 0 aliphatic carbocycles. The van der Waals surface area contributed by atoms with Gasteiger partial charge >= 0.3 is 0 Å². The molecule has 2 nitrogen and oxygen atoms in total. The molecule has 2 aromatic rings. The van der Waals surface area contributed by atoms with Crippen LogP contribution in [0.25, 0.3) is 10.9 Å². The van der Waals surface area contributed by atoms with Gasteiger partial charge in [0.25, 0.3) is 0 Å². The van der Waals surface area contributed by atoms with Gasteiger partial charge in [-0.05, 0) is 31.0 Å². The molecule has 0 fully saturated rings. The summed E-state index contributed by atoms with van der Waals surface area (Å²) in [6, 6.07) is 6.08. The molecular formula is C12H13NO. The van der Waals surface area contributed by atoms with Crippen LogP contribution in [0, 0.1) is 13.8 Å². The molecule has 0 saturated heterocycles. The summed E-state index contributed by atoms with van der Waals surface area (Å²) in [6.07, 6.45) is 1.79. The number of fused-ring (bicyclic) bond motifs is 1. The van der Waals surface area contributed by atoms with Crippen molar-refractivity contribution < 1.29 is 4.74 Å². The van der Waals surface area contributed by atoms with E-state index in [0.717, 1.165) is 16.7 Å². The number of ether oxygens (including phenoxy) is 1. The summed E-state index contributed by atoms with van der Waals surface area (Å²) in [5.74, 6) is 0.899. The largest absolute Gasteiger partial charge is 0.496 e. The second-order valence-corrected chi connectivity index (χ2v) is 3.44. The van der Waals surface area contributed by atoms with E-state index in [9.17, 15) is 0 Å². The Bertz CT molecular complexity index is 477. The van der Waals surface area contributed by atoms with Crippen LogP contribution in [0.4, 0.5) is 0 Å². The third-order valence-corrected chi connectivity index (χ3v) is 2.48. The van der Waals surface area contributed by atoms with E-state index in [2.05, 4.69) is 31.0 Å².